The maximum Gasteiger partial charge on any atom is 0.304 e. The molecule has 6 N–H and O–H groups in total. The third-order valence-electron chi connectivity index (χ3n) is 4.81. The largest absolute Gasteiger partial charge is 0.481 e. The van der Waals surface area contributed by atoms with Crippen LogP contribution in [0.15, 0.2) is 24.3 Å². The molecule has 2 unspecified atom stereocenters. The van der Waals surface area contributed by atoms with Crippen molar-refractivity contribution < 1.29 is 19.5 Å². The third-order valence-corrected chi connectivity index (χ3v) is 4.81. The number of carbonyl (C=O) groups excluding carboxylic acids is 2. The maximum absolute atomic E-state index is 12.5. The molecule has 2 aromatic rings. The number of amides is 2. The van der Waals surface area contributed by atoms with Gasteiger partial charge in [-0.2, -0.15) is 0 Å². The quantitative estimate of drug-likeness (QED) is 0.362. The van der Waals surface area contributed by atoms with Gasteiger partial charge >= 0.3 is 5.97 Å². The molecule has 1 aliphatic rings. The number of carboxylic acid groups (broad SMARTS) is 1. The van der Waals surface area contributed by atoms with Crippen LogP contribution in [0, 0.1) is 11.3 Å². The minimum Gasteiger partial charge on any atom is -0.481 e. The number of amidine groups is 1. The standard InChI is InChI=1S/C18H21N5O4/c1-23-13-6-10(16(19)20)3-2-9(13)5-14(23)18(27)21-8-12-4-11(7-15(24)25)17(26)22-12/h2-3,5-6,11-12H,4,7-8H2,1H3,(H3,19,20)(H,21,27)(H,22,26)(H,24,25). The van der Waals surface area contributed by atoms with E-state index in [-0.39, 0.29) is 36.7 Å². The minimum absolute atomic E-state index is 0.0445. The van der Waals surface area contributed by atoms with Gasteiger partial charge in [-0.05, 0) is 18.6 Å². The second-order valence-electron chi connectivity index (χ2n) is 6.72. The van der Waals surface area contributed by atoms with Gasteiger partial charge in [-0.25, -0.2) is 0 Å². The number of hydrogen-bond acceptors (Lipinski definition) is 4. The maximum atomic E-state index is 12.5. The van der Waals surface area contributed by atoms with Crippen molar-refractivity contribution in [3.05, 3.63) is 35.5 Å². The summed E-state index contributed by atoms with van der Waals surface area (Å²) < 4.78 is 1.72. The van der Waals surface area contributed by atoms with Crippen LogP contribution in [0.5, 0.6) is 0 Å². The lowest BCUT2D eigenvalue weighted by Crippen LogP contribution is -2.38. The lowest BCUT2D eigenvalue weighted by atomic mass is 10.0. The van der Waals surface area contributed by atoms with Crippen molar-refractivity contribution in [1.29, 1.82) is 5.41 Å². The molecule has 27 heavy (non-hydrogen) atoms. The highest BCUT2D eigenvalue weighted by Crippen LogP contribution is 2.21. The molecule has 0 spiro atoms. The summed E-state index contributed by atoms with van der Waals surface area (Å²) in [6.45, 7) is 0.223. The molecule has 9 heteroatoms. The van der Waals surface area contributed by atoms with Gasteiger partial charge in [0.25, 0.3) is 5.91 Å². The lowest BCUT2D eigenvalue weighted by Gasteiger charge is -2.12. The molecule has 2 atom stereocenters. The first kappa shape index (κ1) is 18.4. The zero-order chi connectivity index (χ0) is 19.7. The second kappa shape index (κ2) is 7.10. The van der Waals surface area contributed by atoms with Crippen LogP contribution in [0.3, 0.4) is 0 Å². The summed E-state index contributed by atoms with van der Waals surface area (Å²) in [5.41, 5.74) is 7.32. The zero-order valence-corrected chi connectivity index (χ0v) is 14.8. The molecule has 0 aliphatic carbocycles. The highest BCUT2D eigenvalue weighted by Gasteiger charge is 2.33. The molecule has 1 aromatic heterocycles. The van der Waals surface area contributed by atoms with Crippen LogP contribution in [0.1, 0.15) is 28.9 Å². The summed E-state index contributed by atoms with van der Waals surface area (Å²) in [5.74, 6) is -2.21. The highest BCUT2D eigenvalue weighted by molar-refractivity contribution is 6.02. The van der Waals surface area contributed by atoms with Crippen LogP contribution < -0.4 is 16.4 Å². The van der Waals surface area contributed by atoms with E-state index in [4.69, 9.17) is 16.2 Å². The molecule has 3 rings (SSSR count). The number of hydrogen-bond donors (Lipinski definition) is 5. The average Bonchev–Trinajstić information content (AvgIpc) is 3.12. The summed E-state index contributed by atoms with van der Waals surface area (Å²) in [4.78, 5) is 35.1. The van der Waals surface area contributed by atoms with E-state index in [1.165, 1.54) is 0 Å². The summed E-state index contributed by atoms with van der Waals surface area (Å²) in [5, 5.41) is 22.7. The fourth-order valence-corrected chi connectivity index (χ4v) is 3.37. The Labute approximate surface area is 155 Å². The topological polar surface area (TPSA) is 150 Å². The van der Waals surface area contributed by atoms with Gasteiger partial charge in [-0.1, -0.05) is 12.1 Å². The smallest absolute Gasteiger partial charge is 0.304 e. The Kier molecular flexibility index (Phi) is 4.85. The van der Waals surface area contributed by atoms with E-state index >= 15 is 0 Å². The number of nitrogen functional groups attached to an aromatic ring is 1. The molecule has 1 aliphatic heterocycles. The van der Waals surface area contributed by atoms with E-state index in [9.17, 15) is 14.4 Å². The molecule has 2 amide bonds. The van der Waals surface area contributed by atoms with E-state index in [1.807, 2.05) is 0 Å². The number of aromatic nitrogens is 1. The van der Waals surface area contributed by atoms with Crippen LogP contribution in [-0.4, -0.2) is 45.9 Å². The molecule has 142 valence electrons. The molecular weight excluding hydrogens is 350 g/mol. The predicted molar refractivity (Wildman–Crippen MR) is 98.6 cm³/mol. The van der Waals surface area contributed by atoms with E-state index in [0.29, 0.717) is 17.7 Å². The van der Waals surface area contributed by atoms with Crippen molar-refractivity contribution in [2.75, 3.05) is 6.54 Å². The number of nitrogens with two attached hydrogens (primary N) is 1. The first-order chi connectivity index (χ1) is 12.8. The summed E-state index contributed by atoms with van der Waals surface area (Å²) in [6.07, 6.45) is 0.167. The van der Waals surface area contributed by atoms with Crippen LogP contribution in [0.2, 0.25) is 0 Å². The van der Waals surface area contributed by atoms with E-state index in [1.54, 1.807) is 35.9 Å². The van der Waals surface area contributed by atoms with E-state index in [0.717, 1.165) is 10.9 Å². The average molecular weight is 371 g/mol. The third kappa shape index (κ3) is 3.76. The Morgan fingerprint density at radius 3 is 2.81 bits per heavy atom. The molecule has 1 saturated heterocycles. The van der Waals surface area contributed by atoms with Crippen LogP contribution >= 0.6 is 0 Å². The number of rotatable bonds is 6. The molecule has 2 heterocycles. The van der Waals surface area contributed by atoms with Gasteiger partial charge < -0.3 is 26.0 Å². The Balaban J connectivity index is 1.68. The first-order valence-corrected chi connectivity index (χ1v) is 8.50. The van der Waals surface area contributed by atoms with Crippen LogP contribution in [0.4, 0.5) is 0 Å². The number of nitrogens with zero attached hydrogens (tertiary/aromatic N) is 1. The summed E-state index contributed by atoms with van der Waals surface area (Å²) >= 11 is 0. The first-order valence-electron chi connectivity index (χ1n) is 8.50. The van der Waals surface area contributed by atoms with Crippen molar-refractivity contribution in [2.24, 2.45) is 18.7 Å². The van der Waals surface area contributed by atoms with Gasteiger partial charge in [0.2, 0.25) is 5.91 Å². The Morgan fingerprint density at radius 2 is 2.15 bits per heavy atom. The molecule has 1 aromatic carbocycles. The molecule has 9 nitrogen and oxygen atoms in total. The van der Waals surface area contributed by atoms with Gasteiger partial charge in [0.05, 0.1) is 12.3 Å². The van der Waals surface area contributed by atoms with Gasteiger partial charge in [0.15, 0.2) is 0 Å². The van der Waals surface area contributed by atoms with Crippen LogP contribution in [-0.2, 0) is 16.6 Å². The van der Waals surface area contributed by atoms with Crippen molar-refractivity contribution in [1.82, 2.24) is 15.2 Å². The van der Waals surface area contributed by atoms with Gasteiger partial charge in [-0.15, -0.1) is 0 Å². The van der Waals surface area contributed by atoms with Crippen molar-refractivity contribution >= 4 is 34.5 Å². The Morgan fingerprint density at radius 1 is 1.41 bits per heavy atom. The number of aliphatic carboxylic acids is 1. The molecular formula is C18H21N5O4. The van der Waals surface area contributed by atoms with E-state index < -0.39 is 11.9 Å². The van der Waals surface area contributed by atoms with Crippen molar-refractivity contribution in [3.8, 4) is 0 Å². The van der Waals surface area contributed by atoms with Gasteiger partial charge in [0.1, 0.15) is 11.5 Å². The number of nitrogens with one attached hydrogen (secondary N) is 3. The number of benzene rings is 1. The zero-order valence-electron chi connectivity index (χ0n) is 14.8. The predicted octanol–water partition coefficient (Wildman–Crippen LogP) is 0.172. The molecule has 0 saturated carbocycles. The highest BCUT2D eigenvalue weighted by atomic mass is 16.4. The van der Waals surface area contributed by atoms with Crippen molar-refractivity contribution in [2.45, 2.75) is 18.9 Å². The minimum atomic E-state index is -1.01. The summed E-state index contributed by atoms with van der Waals surface area (Å²) in [6, 6.07) is 6.74. The number of fused-ring (bicyclic) bond motifs is 1. The molecule has 0 radical (unpaired) electrons. The van der Waals surface area contributed by atoms with Crippen LogP contribution in [0.25, 0.3) is 10.9 Å². The van der Waals surface area contributed by atoms with Gasteiger partial charge in [-0.3, -0.25) is 19.8 Å². The number of carboxylic acids is 1. The van der Waals surface area contributed by atoms with Gasteiger partial charge in [0, 0.05) is 36.1 Å². The fraction of sp³-hybridized carbons (Fsp3) is 0.333. The Hall–Kier alpha value is -3.36. The monoisotopic (exact) mass is 371 g/mol. The fourth-order valence-electron chi connectivity index (χ4n) is 3.37. The second-order valence-corrected chi connectivity index (χ2v) is 6.72. The summed E-state index contributed by atoms with van der Waals surface area (Å²) in [7, 11) is 1.75. The normalized spacial score (nSPS) is 19.1. The SMILES string of the molecule is Cn1c(C(=O)NCC2CC(CC(=O)O)C(=O)N2)cc2ccc(C(=N)N)cc21. The van der Waals surface area contributed by atoms with E-state index in [2.05, 4.69) is 10.6 Å². The van der Waals surface area contributed by atoms with Crippen molar-refractivity contribution in [3.63, 3.8) is 0 Å². The number of aryl methyl sites for hydroxylation is 1. The number of carbonyl (C=O) groups is 3. The molecule has 0 bridgehead atoms. The molecule has 1 fully saturated rings. The Bertz CT molecular complexity index is 949. The lowest BCUT2D eigenvalue weighted by molar-refractivity contribution is -0.140.